The van der Waals surface area contributed by atoms with Gasteiger partial charge in [-0.2, -0.15) is 0 Å². The summed E-state index contributed by atoms with van der Waals surface area (Å²) in [6, 6.07) is 9.78. The molecule has 2 heterocycles. The number of ether oxygens (including phenoxy) is 1. The minimum Gasteiger partial charge on any atom is -0.486 e. The zero-order valence-corrected chi connectivity index (χ0v) is 11.9. The van der Waals surface area contributed by atoms with Crippen molar-refractivity contribution in [3.05, 3.63) is 53.1 Å². The first-order chi connectivity index (χ1) is 9.74. The van der Waals surface area contributed by atoms with E-state index in [4.69, 9.17) is 4.74 Å². The Kier molecular flexibility index (Phi) is 3.65. The summed E-state index contributed by atoms with van der Waals surface area (Å²) < 4.78 is 5.74. The molecule has 3 rings (SSSR count). The van der Waals surface area contributed by atoms with Gasteiger partial charge in [0.05, 0.1) is 11.4 Å². The monoisotopic (exact) mass is 269 g/mol. The topological polar surface area (TPSA) is 47.0 Å². The lowest BCUT2D eigenvalue weighted by Gasteiger charge is -2.12. The summed E-state index contributed by atoms with van der Waals surface area (Å²) in [5.74, 6) is 2.02. The van der Waals surface area contributed by atoms with E-state index >= 15 is 0 Å². The average Bonchev–Trinajstić information content (AvgIpc) is 2.93. The molecular weight excluding hydrogens is 250 g/mol. The maximum absolute atomic E-state index is 5.74. The molecule has 0 saturated heterocycles. The smallest absolute Gasteiger partial charge is 0.166 e. The molecule has 1 aliphatic heterocycles. The maximum atomic E-state index is 5.74. The van der Waals surface area contributed by atoms with Gasteiger partial charge in [0, 0.05) is 18.7 Å². The lowest BCUT2D eigenvalue weighted by molar-refractivity contribution is 0.294. The molecule has 0 amide bonds. The van der Waals surface area contributed by atoms with E-state index in [0.717, 1.165) is 36.1 Å². The number of nitrogens with one attached hydrogen (secondary N) is 1. The Morgan fingerprint density at radius 3 is 2.70 bits per heavy atom. The summed E-state index contributed by atoms with van der Waals surface area (Å²) >= 11 is 0. The Bertz CT molecular complexity index is 596. The fraction of sp³-hybridized carbons (Fsp3) is 0.375. The van der Waals surface area contributed by atoms with Gasteiger partial charge >= 0.3 is 0 Å². The van der Waals surface area contributed by atoms with E-state index in [1.807, 2.05) is 30.3 Å². The van der Waals surface area contributed by atoms with Crippen LogP contribution >= 0.6 is 0 Å². The van der Waals surface area contributed by atoms with Crippen LogP contribution in [-0.2, 0) is 19.7 Å². The molecule has 1 aliphatic rings. The number of aromatic nitrogens is 2. The fourth-order valence-corrected chi connectivity index (χ4v) is 2.45. The van der Waals surface area contributed by atoms with Crippen LogP contribution in [-0.4, -0.2) is 9.97 Å². The van der Waals surface area contributed by atoms with Gasteiger partial charge in [-0.05, 0) is 18.1 Å². The lowest BCUT2D eigenvalue weighted by Crippen LogP contribution is -2.09. The van der Waals surface area contributed by atoms with Crippen LogP contribution < -0.4 is 10.1 Å². The van der Waals surface area contributed by atoms with Crippen molar-refractivity contribution in [2.75, 3.05) is 0 Å². The molecule has 2 aromatic rings. The summed E-state index contributed by atoms with van der Waals surface area (Å²) in [7, 11) is 0. The third-order valence-electron chi connectivity index (χ3n) is 3.42. The zero-order chi connectivity index (χ0) is 13.9. The first kappa shape index (κ1) is 13.1. The summed E-state index contributed by atoms with van der Waals surface area (Å²) in [6.45, 7) is 6.46. The molecule has 1 aromatic heterocycles. The first-order valence-corrected chi connectivity index (χ1v) is 7.01. The molecule has 1 aromatic carbocycles. The molecule has 0 spiro atoms. The number of hydrogen-bond donors (Lipinski definition) is 1. The molecule has 0 unspecified atom stereocenters. The predicted molar refractivity (Wildman–Crippen MR) is 77.4 cm³/mol. The minimum absolute atomic E-state index is 0.405. The molecule has 0 radical (unpaired) electrons. The van der Waals surface area contributed by atoms with Crippen molar-refractivity contribution in [3.8, 4) is 5.75 Å². The number of nitrogens with zero attached hydrogens (tertiary/aromatic N) is 2. The second-order valence-electron chi connectivity index (χ2n) is 5.31. The van der Waals surface area contributed by atoms with Crippen molar-refractivity contribution in [2.45, 2.75) is 39.5 Å². The summed E-state index contributed by atoms with van der Waals surface area (Å²) in [4.78, 5) is 9.30. The Labute approximate surface area is 119 Å². The van der Waals surface area contributed by atoms with Gasteiger partial charge in [0.1, 0.15) is 12.4 Å². The molecule has 0 fully saturated rings. The normalized spacial score (nSPS) is 13.6. The van der Waals surface area contributed by atoms with Crippen molar-refractivity contribution in [3.63, 3.8) is 0 Å². The van der Waals surface area contributed by atoms with E-state index in [9.17, 15) is 0 Å². The molecule has 104 valence electrons. The quantitative estimate of drug-likeness (QED) is 0.927. The molecule has 0 atom stereocenters. The molecule has 0 aliphatic carbocycles. The Balaban J connectivity index is 1.82. The van der Waals surface area contributed by atoms with Crippen LogP contribution in [0.25, 0.3) is 0 Å². The van der Waals surface area contributed by atoms with E-state index in [-0.39, 0.29) is 0 Å². The van der Waals surface area contributed by atoms with Crippen LogP contribution in [0.4, 0.5) is 0 Å². The summed E-state index contributed by atoms with van der Waals surface area (Å²) in [5, 5.41) is 3.34. The predicted octanol–water partition coefficient (Wildman–Crippen LogP) is 2.78. The second kappa shape index (κ2) is 5.59. The van der Waals surface area contributed by atoms with Crippen LogP contribution in [0.3, 0.4) is 0 Å². The SMILES string of the molecule is CC(C)c1nc(COc2ccccc2)nc2c1CNC2. The second-order valence-corrected chi connectivity index (χ2v) is 5.31. The van der Waals surface area contributed by atoms with E-state index in [1.54, 1.807) is 0 Å². The Morgan fingerprint density at radius 2 is 1.95 bits per heavy atom. The van der Waals surface area contributed by atoms with Gasteiger partial charge in [0.2, 0.25) is 0 Å². The third kappa shape index (κ3) is 2.65. The summed E-state index contributed by atoms with van der Waals surface area (Å²) in [6.07, 6.45) is 0. The number of para-hydroxylation sites is 1. The fourth-order valence-electron chi connectivity index (χ4n) is 2.45. The Morgan fingerprint density at radius 1 is 1.15 bits per heavy atom. The molecule has 4 heteroatoms. The van der Waals surface area contributed by atoms with Crippen molar-refractivity contribution in [1.82, 2.24) is 15.3 Å². The van der Waals surface area contributed by atoms with Crippen molar-refractivity contribution < 1.29 is 4.74 Å². The first-order valence-electron chi connectivity index (χ1n) is 7.01. The largest absolute Gasteiger partial charge is 0.486 e. The van der Waals surface area contributed by atoms with E-state index < -0.39 is 0 Å². The molecule has 20 heavy (non-hydrogen) atoms. The highest BCUT2D eigenvalue weighted by Gasteiger charge is 2.20. The maximum Gasteiger partial charge on any atom is 0.166 e. The van der Waals surface area contributed by atoms with E-state index in [0.29, 0.717) is 12.5 Å². The van der Waals surface area contributed by atoms with Gasteiger partial charge < -0.3 is 10.1 Å². The van der Waals surface area contributed by atoms with Gasteiger partial charge in [0.15, 0.2) is 5.82 Å². The van der Waals surface area contributed by atoms with Gasteiger partial charge in [-0.25, -0.2) is 9.97 Å². The molecule has 1 N–H and O–H groups in total. The van der Waals surface area contributed by atoms with Crippen LogP contribution in [0.5, 0.6) is 5.75 Å². The highest BCUT2D eigenvalue weighted by Crippen LogP contribution is 2.23. The van der Waals surface area contributed by atoms with Gasteiger partial charge in [-0.3, -0.25) is 0 Å². The zero-order valence-electron chi connectivity index (χ0n) is 11.9. The summed E-state index contributed by atoms with van der Waals surface area (Å²) in [5.41, 5.74) is 3.53. The number of hydrogen-bond acceptors (Lipinski definition) is 4. The highest BCUT2D eigenvalue weighted by molar-refractivity contribution is 5.31. The molecule has 0 saturated carbocycles. The standard InChI is InChI=1S/C16H19N3O/c1-11(2)16-13-8-17-9-14(13)18-15(19-16)10-20-12-6-4-3-5-7-12/h3-7,11,17H,8-10H2,1-2H3. The number of benzene rings is 1. The van der Waals surface area contributed by atoms with Crippen LogP contribution in [0.2, 0.25) is 0 Å². The number of fused-ring (bicyclic) bond motifs is 1. The van der Waals surface area contributed by atoms with Crippen LogP contribution in [0.15, 0.2) is 30.3 Å². The van der Waals surface area contributed by atoms with Gasteiger partial charge in [-0.15, -0.1) is 0 Å². The Hall–Kier alpha value is -1.94. The average molecular weight is 269 g/mol. The van der Waals surface area contributed by atoms with E-state index in [1.165, 1.54) is 5.56 Å². The van der Waals surface area contributed by atoms with Crippen LogP contribution in [0.1, 0.15) is 42.5 Å². The lowest BCUT2D eigenvalue weighted by atomic mass is 10.0. The third-order valence-corrected chi connectivity index (χ3v) is 3.42. The van der Waals surface area contributed by atoms with Crippen LogP contribution in [0, 0.1) is 0 Å². The molecule has 0 bridgehead atoms. The van der Waals surface area contributed by atoms with Crippen molar-refractivity contribution >= 4 is 0 Å². The highest BCUT2D eigenvalue weighted by atomic mass is 16.5. The minimum atomic E-state index is 0.405. The molecule has 4 nitrogen and oxygen atoms in total. The van der Waals surface area contributed by atoms with Gasteiger partial charge in [-0.1, -0.05) is 32.0 Å². The van der Waals surface area contributed by atoms with Gasteiger partial charge in [0.25, 0.3) is 0 Å². The van der Waals surface area contributed by atoms with Crippen molar-refractivity contribution in [1.29, 1.82) is 0 Å². The molecular formula is C16H19N3O. The van der Waals surface area contributed by atoms with E-state index in [2.05, 4.69) is 29.1 Å². The van der Waals surface area contributed by atoms with Crippen molar-refractivity contribution in [2.24, 2.45) is 0 Å². The number of rotatable bonds is 4.